The van der Waals surface area contributed by atoms with Crippen molar-refractivity contribution in [1.82, 2.24) is 14.8 Å². The SMILES string of the molecule is O=C(O)c1ccc(-n2nc(C3C=CC=CC3=O)nc2C2C=CC=CC2=O)cc1. The molecule has 2 aliphatic carbocycles. The molecule has 0 bridgehead atoms. The third-order valence-electron chi connectivity index (χ3n) is 4.53. The number of allylic oxidation sites excluding steroid dienone is 8. The Kier molecular flexibility index (Phi) is 4.41. The van der Waals surface area contributed by atoms with E-state index in [4.69, 9.17) is 5.11 Å². The summed E-state index contributed by atoms with van der Waals surface area (Å²) in [4.78, 5) is 40.2. The predicted octanol–water partition coefficient (Wildman–Crippen LogP) is 2.52. The number of carbonyl (C=O) groups excluding carboxylic acids is 2. The van der Waals surface area contributed by atoms with Gasteiger partial charge in [-0.25, -0.2) is 14.5 Å². The highest BCUT2D eigenvalue weighted by Gasteiger charge is 2.29. The summed E-state index contributed by atoms with van der Waals surface area (Å²) in [6.07, 6.45) is 13.2. The van der Waals surface area contributed by atoms with Crippen molar-refractivity contribution in [2.75, 3.05) is 0 Å². The minimum absolute atomic E-state index is 0.137. The summed E-state index contributed by atoms with van der Waals surface area (Å²) in [6, 6.07) is 6.10. The Balaban J connectivity index is 1.82. The number of carboxylic acids is 1. The lowest BCUT2D eigenvalue weighted by molar-refractivity contribution is -0.116. The molecule has 0 fully saturated rings. The molecule has 1 aromatic heterocycles. The van der Waals surface area contributed by atoms with Gasteiger partial charge in [-0.2, -0.15) is 0 Å². The zero-order valence-electron chi connectivity index (χ0n) is 14.6. The largest absolute Gasteiger partial charge is 0.478 e. The fraction of sp³-hybridized carbons (Fsp3) is 0.0952. The van der Waals surface area contributed by atoms with Gasteiger partial charge in [0.2, 0.25) is 0 Å². The van der Waals surface area contributed by atoms with Gasteiger partial charge in [-0.05, 0) is 36.4 Å². The molecule has 2 aliphatic rings. The van der Waals surface area contributed by atoms with Crippen LogP contribution < -0.4 is 0 Å². The molecule has 0 saturated heterocycles. The lowest BCUT2D eigenvalue weighted by atomic mass is 9.97. The predicted molar refractivity (Wildman–Crippen MR) is 100 cm³/mol. The summed E-state index contributed by atoms with van der Waals surface area (Å²) in [5.41, 5.74) is 0.690. The maximum Gasteiger partial charge on any atom is 0.335 e. The van der Waals surface area contributed by atoms with Crippen LogP contribution in [0.5, 0.6) is 0 Å². The van der Waals surface area contributed by atoms with Crippen molar-refractivity contribution < 1.29 is 19.5 Å². The normalized spacial score (nSPS) is 20.7. The van der Waals surface area contributed by atoms with Crippen LogP contribution in [0, 0.1) is 0 Å². The first-order chi connectivity index (χ1) is 13.5. The minimum Gasteiger partial charge on any atom is -0.478 e. The maximum absolute atomic E-state index is 12.4. The smallest absolute Gasteiger partial charge is 0.335 e. The van der Waals surface area contributed by atoms with Gasteiger partial charge in [-0.3, -0.25) is 9.59 Å². The van der Waals surface area contributed by atoms with E-state index in [0.717, 1.165) is 0 Å². The van der Waals surface area contributed by atoms with E-state index >= 15 is 0 Å². The Hall–Kier alpha value is -3.87. The molecule has 1 heterocycles. The molecule has 1 aromatic carbocycles. The first-order valence-corrected chi connectivity index (χ1v) is 8.62. The van der Waals surface area contributed by atoms with Gasteiger partial charge < -0.3 is 5.11 Å². The number of carboxylic acid groups (broad SMARTS) is 1. The molecule has 7 heteroatoms. The topological polar surface area (TPSA) is 102 Å². The molecule has 28 heavy (non-hydrogen) atoms. The molecule has 0 radical (unpaired) electrons. The molecule has 0 aliphatic heterocycles. The molecule has 1 N–H and O–H groups in total. The molecule has 4 rings (SSSR count). The highest BCUT2D eigenvalue weighted by Crippen LogP contribution is 2.27. The van der Waals surface area contributed by atoms with Crippen LogP contribution in [-0.4, -0.2) is 37.4 Å². The van der Waals surface area contributed by atoms with Crippen LogP contribution in [-0.2, 0) is 9.59 Å². The van der Waals surface area contributed by atoms with E-state index in [0.29, 0.717) is 17.3 Å². The van der Waals surface area contributed by atoms with Gasteiger partial charge in [0.15, 0.2) is 17.4 Å². The number of aromatic carboxylic acids is 1. The number of carbonyl (C=O) groups is 3. The fourth-order valence-electron chi connectivity index (χ4n) is 3.08. The molecule has 138 valence electrons. The highest BCUT2D eigenvalue weighted by molar-refractivity contribution is 5.98. The number of aromatic nitrogens is 3. The van der Waals surface area contributed by atoms with E-state index in [-0.39, 0.29) is 17.1 Å². The first kappa shape index (κ1) is 17.5. The van der Waals surface area contributed by atoms with Crippen LogP contribution in [0.25, 0.3) is 5.69 Å². The molecule has 0 amide bonds. The van der Waals surface area contributed by atoms with Gasteiger partial charge in [0.1, 0.15) is 17.7 Å². The van der Waals surface area contributed by atoms with Crippen LogP contribution in [0.2, 0.25) is 0 Å². The molecule has 2 aromatic rings. The molecular weight excluding hydrogens is 358 g/mol. The standard InChI is InChI=1S/C21H15N3O4/c25-17-7-3-1-5-15(17)19-22-20(16-6-2-4-8-18(16)26)24(23-19)14-11-9-13(10-12-14)21(27)28/h1-12,15-16H,(H,27,28). The minimum atomic E-state index is -1.04. The zero-order valence-corrected chi connectivity index (χ0v) is 14.6. The van der Waals surface area contributed by atoms with Gasteiger partial charge in [0.25, 0.3) is 0 Å². The van der Waals surface area contributed by atoms with E-state index in [1.54, 1.807) is 48.6 Å². The number of nitrogens with zero attached hydrogens (tertiary/aromatic N) is 3. The summed E-state index contributed by atoms with van der Waals surface area (Å²) >= 11 is 0. The van der Waals surface area contributed by atoms with Crippen LogP contribution in [0.3, 0.4) is 0 Å². The summed E-state index contributed by atoms with van der Waals surface area (Å²) in [5, 5.41) is 13.6. The van der Waals surface area contributed by atoms with Crippen molar-refractivity contribution in [1.29, 1.82) is 0 Å². The van der Waals surface area contributed by atoms with Crippen LogP contribution in [0.15, 0.2) is 72.9 Å². The third kappa shape index (κ3) is 3.14. The lowest BCUT2D eigenvalue weighted by Gasteiger charge is -2.13. The second kappa shape index (κ2) is 7.03. The van der Waals surface area contributed by atoms with Crippen molar-refractivity contribution in [3.63, 3.8) is 0 Å². The number of rotatable bonds is 4. The van der Waals surface area contributed by atoms with Gasteiger partial charge in [-0.1, -0.05) is 36.5 Å². The zero-order chi connectivity index (χ0) is 19.7. The third-order valence-corrected chi connectivity index (χ3v) is 4.53. The van der Waals surface area contributed by atoms with Crippen molar-refractivity contribution >= 4 is 17.5 Å². The summed E-state index contributed by atoms with van der Waals surface area (Å²) in [5.74, 6) is -1.91. The average molecular weight is 373 g/mol. The molecule has 2 unspecified atom stereocenters. The van der Waals surface area contributed by atoms with E-state index < -0.39 is 17.8 Å². The van der Waals surface area contributed by atoms with Crippen molar-refractivity contribution in [2.45, 2.75) is 11.8 Å². The lowest BCUT2D eigenvalue weighted by Crippen LogP contribution is -2.15. The molecular formula is C21H15N3O4. The Morgan fingerprint density at radius 2 is 1.50 bits per heavy atom. The van der Waals surface area contributed by atoms with E-state index in [1.807, 2.05) is 0 Å². The van der Waals surface area contributed by atoms with Crippen LogP contribution in [0.1, 0.15) is 33.8 Å². The number of benzene rings is 1. The molecule has 2 atom stereocenters. The van der Waals surface area contributed by atoms with Crippen LogP contribution in [0.4, 0.5) is 0 Å². The van der Waals surface area contributed by atoms with E-state index in [9.17, 15) is 14.4 Å². The number of hydrogen-bond donors (Lipinski definition) is 1. The number of hydrogen-bond acceptors (Lipinski definition) is 5. The van der Waals surface area contributed by atoms with E-state index in [2.05, 4.69) is 10.1 Å². The van der Waals surface area contributed by atoms with Gasteiger partial charge in [-0.15, -0.1) is 5.10 Å². The summed E-state index contributed by atoms with van der Waals surface area (Å²) < 4.78 is 1.49. The Morgan fingerprint density at radius 3 is 2.07 bits per heavy atom. The van der Waals surface area contributed by atoms with Crippen LogP contribution >= 0.6 is 0 Å². The second-order valence-electron chi connectivity index (χ2n) is 6.34. The Bertz CT molecular complexity index is 1090. The van der Waals surface area contributed by atoms with Gasteiger partial charge in [0, 0.05) is 0 Å². The van der Waals surface area contributed by atoms with Gasteiger partial charge >= 0.3 is 5.97 Å². The average Bonchev–Trinajstić information content (AvgIpc) is 3.13. The second-order valence-corrected chi connectivity index (χ2v) is 6.34. The maximum atomic E-state index is 12.4. The first-order valence-electron chi connectivity index (χ1n) is 8.62. The molecule has 0 saturated carbocycles. The summed E-state index contributed by atoms with van der Waals surface area (Å²) in [7, 11) is 0. The summed E-state index contributed by atoms with van der Waals surface area (Å²) in [6.45, 7) is 0. The molecule has 0 spiro atoms. The Labute approximate surface area is 160 Å². The van der Waals surface area contributed by atoms with Gasteiger partial charge in [0.05, 0.1) is 11.3 Å². The highest BCUT2D eigenvalue weighted by atomic mass is 16.4. The van der Waals surface area contributed by atoms with Crippen molar-refractivity contribution in [2.24, 2.45) is 0 Å². The van der Waals surface area contributed by atoms with Crippen molar-refractivity contribution in [3.8, 4) is 5.69 Å². The Morgan fingerprint density at radius 1 is 0.893 bits per heavy atom. The van der Waals surface area contributed by atoms with E-state index in [1.165, 1.54) is 29.0 Å². The number of ketones is 2. The fourth-order valence-corrected chi connectivity index (χ4v) is 3.08. The monoisotopic (exact) mass is 373 g/mol. The quantitative estimate of drug-likeness (QED) is 0.883. The molecule has 7 nitrogen and oxygen atoms in total. The van der Waals surface area contributed by atoms with Crippen molar-refractivity contribution in [3.05, 3.63) is 90.1 Å².